The molecule has 1 N–H and O–H groups in total. The lowest BCUT2D eigenvalue weighted by Gasteiger charge is -2.47. The molecule has 32 heavy (non-hydrogen) atoms. The van der Waals surface area contributed by atoms with Crippen molar-refractivity contribution in [2.24, 2.45) is 11.3 Å². The lowest BCUT2D eigenvalue weighted by molar-refractivity contribution is -0.141. The van der Waals surface area contributed by atoms with Crippen molar-refractivity contribution >= 4 is 25.8 Å². The molecule has 1 atom stereocenters. The molecular formula is C20H31N5O5S2. The Morgan fingerprint density at radius 1 is 1.09 bits per heavy atom. The zero-order valence-electron chi connectivity index (χ0n) is 18.6. The van der Waals surface area contributed by atoms with Crippen LogP contribution in [0.5, 0.6) is 0 Å². The fraction of sp³-hybridized carbons (Fsp3) is 0.800. The highest BCUT2D eigenvalue weighted by Crippen LogP contribution is 2.60. The van der Waals surface area contributed by atoms with Crippen molar-refractivity contribution in [2.45, 2.75) is 44.0 Å². The number of carbonyl (C=O) groups excluding carboxylic acids is 1. The summed E-state index contributed by atoms with van der Waals surface area (Å²) in [6, 6.07) is 0.262. The summed E-state index contributed by atoms with van der Waals surface area (Å²) < 4.78 is 50.9. The van der Waals surface area contributed by atoms with Crippen molar-refractivity contribution < 1.29 is 21.6 Å². The van der Waals surface area contributed by atoms with Gasteiger partial charge in [0.05, 0.1) is 22.9 Å². The predicted octanol–water partition coefficient (Wildman–Crippen LogP) is -0.241. The van der Waals surface area contributed by atoms with Crippen LogP contribution < -0.4 is 0 Å². The SMILES string of the molecule is Cc1n[nH]c(C)c1S(=O)(=O)N1CCC2(CC1)CC2C(=O)N1CC(N2CCS(=O)(=O)CC2)C1. The number of aromatic amines is 1. The Labute approximate surface area is 189 Å². The minimum absolute atomic E-state index is 0.00700. The van der Waals surface area contributed by atoms with Gasteiger partial charge in [-0.1, -0.05) is 0 Å². The van der Waals surface area contributed by atoms with Crippen molar-refractivity contribution in [1.82, 2.24) is 24.3 Å². The Bertz CT molecular complexity index is 1100. The molecule has 1 spiro atoms. The first-order valence-electron chi connectivity index (χ1n) is 11.3. The van der Waals surface area contributed by atoms with E-state index >= 15 is 0 Å². The van der Waals surface area contributed by atoms with E-state index in [9.17, 15) is 21.6 Å². The van der Waals surface area contributed by atoms with Gasteiger partial charge >= 0.3 is 0 Å². The first-order valence-corrected chi connectivity index (χ1v) is 14.5. The monoisotopic (exact) mass is 485 g/mol. The van der Waals surface area contributed by atoms with Gasteiger partial charge in [-0.3, -0.25) is 14.8 Å². The van der Waals surface area contributed by atoms with Crippen molar-refractivity contribution in [2.75, 3.05) is 50.8 Å². The van der Waals surface area contributed by atoms with Gasteiger partial charge in [-0.05, 0) is 38.5 Å². The standard InChI is InChI=1S/C20H31N5O5S2/c1-14-18(15(2)22-21-14)32(29,30)25-5-3-20(4-6-25)11-17(20)19(26)24-12-16(13-24)23-7-9-31(27,28)10-8-23/h16-17H,3-13H2,1-2H3,(H,21,22). The fourth-order valence-electron chi connectivity index (χ4n) is 5.65. The highest BCUT2D eigenvalue weighted by atomic mass is 32.2. The van der Waals surface area contributed by atoms with Gasteiger partial charge in [-0.2, -0.15) is 9.40 Å². The van der Waals surface area contributed by atoms with Gasteiger partial charge in [-0.15, -0.1) is 0 Å². The Morgan fingerprint density at radius 3 is 2.28 bits per heavy atom. The van der Waals surface area contributed by atoms with Crippen molar-refractivity contribution in [3.05, 3.63) is 11.4 Å². The van der Waals surface area contributed by atoms with E-state index in [1.807, 2.05) is 4.90 Å². The van der Waals surface area contributed by atoms with E-state index in [1.54, 1.807) is 13.8 Å². The van der Waals surface area contributed by atoms with E-state index in [4.69, 9.17) is 0 Å². The number of likely N-dealkylation sites (tertiary alicyclic amines) is 1. The summed E-state index contributed by atoms with van der Waals surface area (Å²) in [5.41, 5.74) is 0.982. The third kappa shape index (κ3) is 3.68. The quantitative estimate of drug-likeness (QED) is 0.624. The smallest absolute Gasteiger partial charge is 0.246 e. The number of hydrogen-bond donors (Lipinski definition) is 1. The molecule has 1 saturated carbocycles. The van der Waals surface area contributed by atoms with Crippen LogP contribution in [0.2, 0.25) is 0 Å². The second-order valence-corrected chi connectivity index (χ2v) is 14.0. The van der Waals surface area contributed by atoms with Gasteiger partial charge in [0.1, 0.15) is 4.90 Å². The number of aryl methyl sites for hydroxylation is 2. The summed E-state index contributed by atoms with van der Waals surface area (Å²) in [6.45, 7) is 6.74. The normalized spacial score (nSPS) is 28.6. The van der Waals surface area contributed by atoms with Crippen molar-refractivity contribution in [3.8, 4) is 0 Å². The number of aromatic nitrogens is 2. The molecule has 1 aliphatic carbocycles. The molecule has 3 aliphatic heterocycles. The summed E-state index contributed by atoms with van der Waals surface area (Å²) in [6.07, 6.45) is 2.26. The average molecular weight is 486 g/mol. The van der Waals surface area contributed by atoms with Gasteiger partial charge in [-0.25, -0.2) is 16.8 Å². The van der Waals surface area contributed by atoms with Gasteiger partial charge in [0.15, 0.2) is 9.84 Å². The molecule has 10 nitrogen and oxygen atoms in total. The average Bonchev–Trinajstić information content (AvgIpc) is 3.27. The van der Waals surface area contributed by atoms with Crippen LogP contribution in [0.3, 0.4) is 0 Å². The number of nitrogens with one attached hydrogen (secondary N) is 1. The Hall–Kier alpha value is -1.50. The molecule has 3 saturated heterocycles. The van der Waals surface area contributed by atoms with Crippen LogP contribution in [-0.4, -0.2) is 104 Å². The zero-order valence-corrected chi connectivity index (χ0v) is 20.2. The molecule has 0 bridgehead atoms. The van der Waals surface area contributed by atoms with E-state index in [0.717, 1.165) is 6.42 Å². The topological polar surface area (TPSA) is 124 Å². The van der Waals surface area contributed by atoms with Gasteiger partial charge in [0.25, 0.3) is 0 Å². The molecule has 5 rings (SSSR count). The maximum absolute atomic E-state index is 13.1. The highest BCUT2D eigenvalue weighted by Gasteiger charge is 2.61. The third-order valence-corrected chi connectivity index (χ3v) is 11.7. The molecule has 0 radical (unpaired) electrons. The highest BCUT2D eigenvalue weighted by molar-refractivity contribution is 7.91. The summed E-state index contributed by atoms with van der Waals surface area (Å²) in [7, 11) is -6.48. The molecule has 1 aromatic rings. The summed E-state index contributed by atoms with van der Waals surface area (Å²) >= 11 is 0. The molecule has 0 aromatic carbocycles. The Morgan fingerprint density at radius 2 is 1.72 bits per heavy atom. The number of rotatable bonds is 4. The lowest BCUT2D eigenvalue weighted by Crippen LogP contribution is -2.63. The molecule has 1 aromatic heterocycles. The van der Waals surface area contributed by atoms with E-state index in [2.05, 4.69) is 15.1 Å². The predicted molar refractivity (Wildman–Crippen MR) is 117 cm³/mol. The molecule has 1 amide bonds. The maximum Gasteiger partial charge on any atom is 0.246 e. The minimum Gasteiger partial charge on any atom is -0.339 e. The largest absolute Gasteiger partial charge is 0.339 e. The number of amides is 1. The number of sulfonamides is 1. The van der Waals surface area contributed by atoms with Crippen LogP contribution >= 0.6 is 0 Å². The van der Waals surface area contributed by atoms with Crippen LogP contribution in [-0.2, 0) is 24.7 Å². The van der Waals surface area contributed by atoms with Crippen LogP contribution in [0, 0.1) is 25.2 Å². The van der Waals surface area contributed by atoms with Crippen LogP contribution in [0.1, 0.15) is 30.7 Å². The number of carbonyl (C=O) groups is 1. The zero-order chi connectivity index (χ0) is 22.9. The summed E-state index contributed by atoms with van der Waals surface area (Å²) in [5, 5.41) is 6.77. The van der Waals surface area contributed by atoms with E-state index in [1.165, 1.54) is 4.31 Å². The van der Waals surface area contributed by atoms with Crippen molar-refractivity contribution in [1.29, 1.82) is 0 Å². The number of nitrogens with zero attached hydrogens (tertiary/aromatic N) is 4. The molecule has 178 valence electrons. The van der Waals surface area contributed by atoms with E-state index in [-0.39, 0.29) is 39.7 Å². The number of H-pyrrole nitrogens is 1. The van der Waals surface area contributed by atoms with Gasteiger partial charge < -0.3 is 4.90 Å². The first kappa shape index (κ1) is 22.3. The summed E-state index contributed by atoms with van der Waals surface area (Å²) in [5.74, 6) is 0.595. The second-order valence-electron chi connectivity index (χ2n) is 9.87. The molecule has 12 heteroatoms. The van der Waals surface area contributed by atoms with Gasteiger partial charge in [0.2, 0.25) is 15.9 Å². The molecule has 4 aliphatic rings. The van der Waals surface area contributed by atoms with Gasteiger partial charge in [0, 0.05) is 51.2 Å². The van der Waals surface area contributed by atoms with Crippen molar-refractivity contribution in [3.63, 3.8) is 0 Å². The van der Waals surface area contributed by atoms with E-state index in [0.29, 0.717) is 63.5 Å². The Kier molecular flexibility index (Phi) is 5.23. The minimum atomic E-state index is -3.58. The lowest BCUT2D eigenvalue weighted by atomic mass is 9.91. The van der Waals surface area contributed by atoms with E-state index < -0.39 is 19.9 Å². The first-order chi connectivity index (χ1) is 15.0. The Balaban J connectivity index is 1.14. The second kappa shape index (κ2) is 7.51. The van der Waals surface area contributed by atoms with Crippen LogP contribution in [0.25, 0.3) is 0 Å². The molecule has 4 heterocycles. The molecule has 1 unspecified atom stereocenters. The number of hydrogen-bond acceptors (Lipinski definition) is 7. The molecule has 4 fully saturated rings. The third-order valence-electron chi connectivity index (χ3n) is 7.93. The fourth-order valence-corrected chi connectivity index (χ4v) is 8.65. The number of piperidine rings is 1. The maximum atomic E-state index is 13.1. The molecular weight excluding hydrogens is 454 g/mol. The number of sulfone groups is 1. The summed E-state index contributed by atoms with van der Waals surface area (Å²) in [4.78, 5) is 17.4. The van der Waals surface area contributed by atoms with Crippen LogP contribution in [0.4, 0.5) is 0 Å². The van der Waals surface area contributed by atoms with Crippen LogP contribution in [0.15, 0.2) is 4.90 Å².